The predicted molar refractivity (Wildman–Crippen MR) is 85.2 cm³/mol. The molecule has 1 aliphatic carbocycles. The molecular formula is C18H29NO. The molecule has 2 rings (SSSR count). The first-order chi connectivity index (χ1) is 9.65. The molecule has 1 aliphatic rings. The monoisotopic (exact) mass is 275 g/mol. The van der Waals surface area contributed by atoms with E-state index in [1.807, 2.05) is 0 Å². The Balaban J connectivity index is 1.98. The zero-order valence-electron chi connectivity index (χ0n) is 13.2. The highest BCUT2D eigenvalue weighted by molar-refractivity contribution is 5.37. The molecule has 1 N–H and O–H groups in total. The maximum absolute atomic E-state index is 6.26. The molecule has 0 bridgehead atoms. The Bertz CT molecular complexity index is 408. The molecule has 0 spiro atoms. The second kappa shape index (κ2) is 7.68. The Labute approximate surface area is 123 Å². The van der Waals surface area contributed by atoms with Crippen LogP contribution in [0.4, 0.5) is 0 Å². The molecule has 2 nitrogen and oxygen atoms in total. The van der Waals surface area contributed by atoms with Gasteiger partial charge in [-0.15, -0.1) is 0 Å². The van der Waals surface area contributed by atoms with Gasteiger partial charge in [0.05, 0.1) is 6.10 Å². The summed E-state index contributed by atoms with van der Waals surface area (Å²) in [5.41, 5.74) is 2.61. The van der Waals surface area contributed by atoms with E-state index in [0.29, 0.717) is 12.0 Å². The minimum absolute atomic E-state index is 0.426. The zero-order valence-corrected chi connectivity index (χ0v) is 13.2. The van der Waals surface area contributed by atoms with Gasteiger partial charge in [0.1, 0.15) is 5.75 Å². The van der Waals surface area contributed by atoms with Crippen LogP contribution in [0.3, 0.4) is 0 Å². The number of ether oxygens (including phenoxy) is 1. The minimum Gasteiger partial charge on any atom is -0.490 e. The fourth-order valence-corrected chi connectivity index (χ4v) is 2.82. The van der Waals surface area contributed by atoms with E-state index >= 15 is 0 Å². The van der Waals surface area contributed by atoms with E-state index in [-0.39, 0.29) is 0 Å². The molecule has 20 heavy (non-hydrogen) atoms. The Hall–Kier alpha value is -1.02. The third kappa shape index (κ3) is 4.82. The molecule has 1 aromatic rings. The van der Waals surface area contributed by atoms with Gasteiger partial charge >= 0.3 is 0 Å². The Kier molecular flexibility index (Phi) is 5.90. The third-order valence-corrected chi connectivity index (χ3v) is 3.93. The summed E-state index contributed by atoms with van der Waals surface area (Å²) in [5, 5.41) is 3.53. The van der Waals surface area contributed by atoms with Crippen molar-refractivity contribution < 1.29 is 4.74 Å². The van der Waals surface area contributed by atoms with Crippen LogP contribution in [-0.4, -0.2) is 12.6 Å². The van der Waals surface area contributed by atoms with Gasteiger partial charge in [0, 0.05) is 12.1 Å². The molecule has 0 heterocycles. The van der Waals surface area contributed by atoms with Crippen molar-refractivity contribution >= 4 is 0 Å². The standard InChI is InChI=1S/C18H29NO/c1-14(2)12-19-13-16-11-15(3)9-10-18(16)20-17-7-5-4-6-8-17/h9-11,14,17,19H,4-8,12-13H2,1-3H3. The molecule has 2 heteroatoms. The number of aryl methyl sites for hydroxylation is 1. The lowest BCUT2D eigenvalue weighted by Crippen LogP contribution is -2.22. The molecule has 0 aliphatic heterocycles. The van der Waals surface area contributed by atoms with Gasteiger partial charge < -0.3 is 10.1 Å². The summed E-state index contributed by atoms with van der Waals surface area (Å²) in [6.45, 7) is 8.58. The van der Waals surface area contributed by atoms with Crippen LogP contribution in [0.1, 0.15) is 57.1 Å². The van der Waals surface area contributed by atoms with E-state index < -0.39 is 0 Å². The summed E-state index contributed by atoms with van der Waals surface area (Å²) in [6.07, 6.45) is 6.86. The summed E-state index contributed by atoms with van der Waals surface area (Å²) in [4.78, 5) is 0. The number of benzene rings is 1. The van der Waals surface area contributed by atoms with Gasteiger partial charge in [-0.2, -0.15) is 0 Å². The lowest BCUT2D eigenvalue weighted by molar-refractivity contribution is 0.153. The average Bonchev–Trinajstić information content (AvgIpc) is 2.42. The summed E-state index contributed by atoms with van der Waals surface area (Å²) >= 11 is 0. The van der Waals surface area contributed by atoms with Crippen LogP contribution in [0, 0.1) is 12.8 Å². The topological polar surface area (TPSA) is 21.3 Å². The Morgan fingerprint density at radius 1 is 1.20 bits per heavy atom. The quantitative estimate of drug-likeness (QED) is 0.828. The van der Waals surface area contributed by atoms with Crippen LogP contribution < -0.4 is 10.1 Å². The van der Waals surface area contributed by atoms with Gasteiger partial charge in [0.2, 0.25) is 0 Å². The van der Waals surface area contributed by atoms with Crippen molar-refractivity contribution in [1.29, 1.82) is 0 Å². The van der Waals surface area contributed by atoms with E-state index in [4.69, 9.17) is 4.74 Å². The van der Waals surface area contributed by atoms with Gasteiger partial charge in [0.25, 0.3) is 0 Å². The van der Waals surface area contributed by atoms with Crippen LogP contribution in [0.5, 0.6) is 5.75 Å². The highest BCUT2D eigenvalue weighted by atomic mass is 16.5. The van der Waals surface area contributed by atoms with Crippen molar-refractivity contribution in [3.05, 3.63) is 29.3 Å². The summed E-state index contributed by atoms with van der Waals surface area (Å²) < 4.78 is 6.26. The number of hydrogen-bond acceptors (Lipinski definition) is 2. The van der Waals surface area contributed by atoms with Gasteiger partial charge in [-0.3, -0.25) is 0 Å². The fraction of sp³-hybridized carbons (Fsp3) is 0.667. The zero-order chi connectivity index (χ0) is 14.4. The molecule has 0 unspecified atom stereocenters. The molecule has 112 valence electrons. The van der Waals surface area contributed by atoms with Crippen LogP contribution in [-0.2, 0) is 6.54 Å². The van der Waals surface area contributed by atoms with Crippen LogP contribution in [0.25, 0.3) is 0 Å². The Morgan fingerprint density at radius 2 is 1.95 bits per heavy atom. The van der Waals surface area contributed by atoms with E-state index in [9.17, 15) is 0 Å². The Morgan fingerprint density at radius 3 is 2.65 bits per heavy atom. The van der Waals surface area contributed by atoms with Crippen molar-refractivity contribution in [1.82, 2.24) is 5.32 Å². The lowest BCUT2D eigenvalue weighted by Gasteiger charge is -2.24. The normalized spacial score (nSPS) is 16.6. The molecular weight excluding hydrogens is 246 g/mol. The molecule has 0 amide bonds. The largest absolute Gasteiger partial charge is 0.490 e. The van der Waals surface area contributed by atoms with Gasteiger partial charge in [0.15, 0.2) is 0 Å². The maximum atomic E-state index is 6.26. The fourth-order valence-electron chi connectivity index (χ4n) is 2.82. The van der Waals surface area contributed by atoms with Crippen molar-refractivity contribution in [2.24, 2.45) is 5.92 Å². The summed E-state index contributed by atoms with van der Waals surface area (Å²) in [5.74, 6) is 1.77. The minimum atomic E-state index is 0.426. The number of nitrogens with one attached hydrogen (secondary N) is 1. The van der Waals surface area contributed by atoms with Crippen molar-refractivity contribution in [3.63, 3.8) is 0 Å². The first kappa shape index (κ1) is 15.4. The highest BCUT2D eigenvalue weighted by Crippen LogP contribution is 2.26. The molecule has 1 fully saturated rings. The van der Waals surface area contributed by atoms with Crippen molar-refractivity contribution in [3.8, 4) is 5.75 Å². The molecule has 0 atom stereocenters. The first-order valence-corrected chi connectivity index (χ1v) is 8.12. The number of hydrogen-bond donors (Lipinski definition) is 1. The molecule has 0 aromatic heterocycles. The molecule has 1 saturated carbocycles. The van der Waals surface area contributed by atoms with E-state index in [1.54, 1.807) is 0 Å². The maximum Gasteiger partial charge on any atom is 0.124 e. The molecule has 1 aromatic carbocycles. The number of rotatable bonds is 6. The second-order valence-electron chi connectivity index (χ2n) is 6.51. The third-order valence-electron chi connectivity index (χ3n) is 3.93. The van der Waals surface area contributed by atoms with E-state index in [2.05, 4.69) is 44.3 Å². The predicted octanol–water partition coefficient (Wildman–Crippen LogP) is 4.45. The van der Waals surface area contributed by atoms with E-state index in [1.165, 1.54) is 43.2 Å². The summed E-state index contributed by atoms with van der Waals surface area (Å²) in [6, 6.07) is 6.56. The smallest absolute Gasteiger partial charge is 0.124 e. The van der Waals surface area contributed by atoms with Gasteiger partial charge in [-0.25, -0.2) is 0 Å². The average molecular weight is 275 g/mol. The van der Waals surface area contributed by atoms with Crippen molar-refractivity contribution in [2.45, 2.75) is 65.5 Å². The van der Waals surface area contributed by atoms with Gasteiger partial charge in [-0.1, -0.05) is 38.0 Å². The first-order valence-electron chi connectivity index (χ1n) is 8.12. The second-order valence-corrected chi connectivity index (χ2v) is 6.51. The SMILES string of the molecule is Cc1ccc(OC2CCCCC2)c(CNCC(C)C)c1. The van der Waals surface area contributed by atoms with Crippen LogP contribution >= 0.6 is 0 Å². The van der Waals surface area contributed by atoms with Crippen LogP contribution in [0.15, 0.2) is 18.2 Å². The van der Waals surface area contributed by atoms with Crippen LogP contribution in [0.2, 0.25) is 0 Å². The molecule has 0 radical (unpaired) electrons. The highest BCUT2D eigenvalue weighted by Gasteiger charge is 2.16. The van der Waals surface area contributed by atoms with Gasteiger partial charge in [-0.05, 0) is 51.1 Å². The molecule has 0 saturated heterocycles. The lowest BCUT2D eigenvalue weighted by atomic mass is 9.97. The van der Waals surface area contributed by atoms with E-state index in [0.717, 1.165) is 18.8 Å². The van der Waals surface area contributed by atoms with Crippen molar-refractivity contribution in [2.75, 3.05) is 6.54 Å². The summed E-state index contributed by atoms with van der Waals surface area (Å²) in [7, 11) is 0.